The molecule has 15 heavy (non-hydrogen) atoms. The summed E-state index contributed by atoms with van der Waals surface area (Å²) in [7, 11) is 0. The second kappa shape index (κ2) is 5.05. The van der Waals surface area contributed by atoms with Crippen LogP contribution in [0.5, 0.6) is 0 Å². The molecule has 1 aromatic rings. The molecule has 0 amide bonds. The van der Waals surface area contributed by atoms with Crippen molar-refractivity contribution in [3.8, 4) is 0 Å². The van der Waals surface area contributed by atoms with Gasteiger partial charge in [-0.25, -0.2) is 4.39 Å². The molecule has 0 aromatic heterocycles. The summed E-state index contributed by atoms with van der Waals surface area (Å²) >= 11 is 3.27. The molecule has 2 nitrogen and oxygen atoms in total. The summed E-state index contributed by atoms with van der Waals surface area (Å²) in [4.78, 5) is 0. The lowest BCUT2D eigenvalue weighted by molar-refractivity contribution is 0.0454. The van der Waals surface area contributed by atoms with Gasteiger partial charge in [0.05, 0.1) is 5.60 Å². The molecule has 0 heterocycles. The first-order valence-corrected chi connectivity index (χ1v) is 5.66. The Morgan fingerprint density at radius 2 is 2.20 bits per heavy atom. The van der Waals surface area contributed by atoms with E-state index in [0.717, 1.165) is 5.56 Å². The summed E-state index contributed by atoms with van der Waals surface area (Å²) in [5, 5.41) is 10.0. The molecular weight excluding hydrogens is 261 g/mol. The molecule has 0 aliphatic rings. The lowest BCUT2D eigenvalue weighted by atomic mass is 9.92. The lowest BCUT2D eigenvalue weighted by Gasteiger charge is -2.25. The molecule has 84 valence electrons. The Morgan fingerprint density at radius 1 is 1.53 bits per heavy atom. The molecule has 0 fully saturated rings. The number of rotatable bonds is 4. The van der Waals surface area contributed by atoms with Crippen molar-refractivity contribution in [1.82, 2.24) is 0 Å². The normalized spacial score (nSPS) is 15.0. The van der Waals surface area contributed by atoms with Gasteiger partial charge in [0.2, 0.25) is 0 Å². The third kappa shape index (κ3) is 3.26. The largest absolute Gasteiger partial charge is 0.388 e. The zero-order chi connectivity index (χ0) is 11.5. The monoisotopic (exact) mass is 275 g/mol. The second-order valence-electron chi connectivity index (χ2n) is 3.69. The van der Waals surface area contributed by atoms with Crippen molar-refractivity contribution in [3.05, 3.63) is 34.1 Å². The zero-order valence-corrected chi connectivity index (χ0v) is 10.2. The SMILES string of the molecule is CCC(O)(CN)Cc1ccc(F)cc1Br. The van der Waals surface area contributed by atoms with Gasteiger partial charge in [0.25, 0.3) is 0 Å². The van der Waals surface area contributed by atoms with Crippen LogP contribution in [0.1, 0.15) is 18.9 Å². The molecule has 1 rings (SSSR count). The van der Waals surface area contributed by atoms with Crippen LogP contribution in [-0.4, -0.2) is 17.3 Å². The first kappa shape index (κ1) is 12.6. The standard InChI is InChI=1S/C11H15BrFNO/c1-2-11(15,7-14)6-8-3-4-9(13)5-10(8)12/h3-5,15H,2,6-7,14H2,1H3. The van der Waals surface area contributed by atoms with Gasteiger partial charge in [0.1, 0.15) is 5.82 Å². The highest BCUT2D eigenvalue weighted by molar-refractivity contribution is 9.10. The average Bonchev–Trinajstić information content (AvgIpc) is 2.22. The Hall–Kier alpha value is -0.450. The summed E-state index contributed by atoms with van der Waals surface area (Å²) in [6.07, 6.45) is 1.01. The molecule has 0 bridgehead atoms. The van der Waals surface area contributed by atoms with Gasteiger partial charge in [-0.05, 0) is 24.1 Å². The van der Waals surface area contributed by atoms with E-state index in [1.54, 1.807) is 6.07 Å². The molecule has 1 atom stereocenters. The maximum Gasteiger partial charge on any atom is 0.124 e. The van der Waals surface area contributed by atoms with Crippen molar-refractivity contribution in [2.24, 2.45) is 5.73 Å². The highest BCUT2D eigenvalue weighted by Gasteiger charge is 2.24. The molecule has 0 spiro atoms. The van der Waals surface area contributed by atoms with E-state index in [0.29, 0.717) is 17.3 Å². The van der Waals surface area contributed by atoms with Crippen LogP contribution >= 0.6 is 15.9 Å². The third-order valence-corrected chi connectivity index (χ3v) is 3.31. The van der Waals surface area contributed by atoms with Crippen LogP contribution in [0.2, 0.25) is 0 Å². The van der Waals surface area contributed by atoms with E-state index in [-0.39, 0.29) is 12.4 Å². The van der Waals surface area contributed by atoms with Crippen molar-refractivity contribution in [1.29, 1.82) is 0 Å². The first-order chi connectivity index (χ1) is 7.00. The third-order valence-electron chi connectivity index (χ3n) is 2.57. The average molecular weight is 276 g/mol. The fourth-order valence-electron chi connectivity index (χ4n) is 1.36. The number of benzene rings is 1. The Morgan fingerprint density at radius 3 is 2.67 bits per heavy atom. The molecule has 0 aliphatic heterocycles. The fourth-order valence-corrected chi connectivity index (χ4v) is 1.85. The van der Waals surface area contributed by atoms with E-state index >= 15 is 0 Å². The maximum atomic E-state index is 12.8. The van der Waals surface area contributed by atoms with E-state index < -0.39 is 5.60 Å². The summed E-state index contributed by atoms with van der Waals surface area (Å²) < 4.78 is 13.5. The van der Waals surface area contributed by atoms with Crippen LogP contribution in [0.15, 0.2) is 22.7 Å². The Balaban J connectivity index is 2.89. The quantitative estimate of drug-likeness (QED) is 0.885. The minimum absolute atomic E-state index is 0.202. The topological polar surface area (TPSA) is 46.2 Å². The molecule has 3 N–H and O–H groups in total. The zero-order valence-electron chi connectivity index (χ0n) is 8.63. The number of halogens is 2. The van der Waals surface area contributed by atoms with Gasteiger partial charge in [0.15, 0.2) is 0 Å². The van der Waals surface area contributed by atoms with Crippen LogP contribution in [-0.2, 0) is 6.42 Å². The Bertz CT molecular complexity index is 339. The smallest absolute Gasteiger partial charge is 0.124 e. The molecule has 0 saturated heterocycles. The van der Waals surface area contributed by atoms with E-state index in [2.05, 4.69) is 15.9 Å². The minimum Gasteiger partial charge on any atom is -0.388 e. The van der Waals surface area contributed by atoms with Gasteiger partial charge < -0.3 is 10.8 Å². The maximum absolute atomic E-state index is 12.8. The summed E-state index contributed by atoms with van der Waals surface area (Å²) in [6, 6.07) is 4.43. The second-order valence-corrected chi connectivity index (χ2v) is 4.55. The van der Waals surface area contributed by atoms with Gasteiger partial charge in [-0.2, -0.15) is 0 Å². The Kier molecular flexibility index (Phi) is 4.25. The van der Waals surface area contributed by atoms with E-state index in [9.17, 15) is 9.50 Å². The van der Waals surface area contributed by atoms with E-state index in [1.807, 2.05) is 6.92 Å². The van der Waals surface area contributed by atoms with Gasteiger partial charge in [-0.1, -0.05) is 28.9 Å². The number of hydrogen-bond donors (Lipinski definition) is 2. The highest BCUT2D eigenvalue weighted by Crippen LogP contribution is 2.24. The molecule has 0 saturated carbocycles. The molecule has 0 radical (unpaired) electrons. The number of hydrogen-bond acceptors (Lipinski definition) is 2. The molecule has 4 heteroatoms. The van der Waals surface area contributed by atoms with Gasteiger partial charge in [-0.3, -0.25) is 0 Å². The van der Waals surface area contributed by atoms with E-state index in [4.69, 9.17) is 5.73 Å². The van der Waals surface area contributed by atoms with E-state index in [1.165, 1.54) is 12.1 Å². The van der Waals surface area contributed by atoms with Crippen LogP contribution < -0.4 is 5.73 Å². The highest BCUT2D eigenvalue weighted by atomic mass is 79.9. The molecular formula is C11H15BrFNO. The Labute approximate surface area is 97.4 Å². The first-order valence-electron chi connectivity index (χ1n) is 4.87. The number of nitrogens with two attached hydrogens (primary N) is 1. The van der Waals surface area contributed by atoms with Gasteiger partial charge in [-0.15, -0.1) is 0 Å². The predicted molar refractivity (Wildman–Crippen MR) is 62.1 cm³/mol. The van der Waals surface area contributed by atoms with Crippen LogP contribution in [0.4, 0.5) is 4.39 Å². The van der Waals surface area contributed by atoms with Crippen molar-refractivity contribution in [2.75, 3.05) is 6.54 Å². The van der Waals surface area contributed by atoms with Crippen molar-refractivity contribution >= 4 is 15.9 Å². The molecule has 0 aliphatic carbocycles. The lowest BCUT2D eigenvalue weighted by Crippen LogP contribution is -2.39. The minimum atomic E-state index is -0.902. The fraction of sp³-hybridized carbons (Fsp3) is 0.455. The molecule has 1 aromatic carbocycles. The van der Waals surface area contributed by atoms with Crippen LogP contribution in [0.3, 0.4) is 0 Å². The summed E-state index contributed by atoms with van der Waals surface area (Å²) in [6.45, 7) is 2.08. The van der Waals surface area contributed by atoms with Gasteiger partial charge >= 0.3 is 0 Å². The summed E-state index contributed by atoms with van der Waals surface area (Å²) in [5.74, 6) is -0.293. The van der Waals surface area contributed by atoms with Crippen molar-refractivity contribution in [2.45, 2.75) is 25.4 Å². The van der Waals surface area contributed by atoms with Gasteiger partial charge in [0, 0.05) is 17.4 Å². The number of aliphatic hydroxyl groups is 1. The van der Waals surface area contributed by atoms with Crippen LogP contribution in [0.25, 0.3) is 0 Å². The van der Waals surface area contributed by atoms with Crippen LogP contribution in [0, 0.1) is 5.82 Å². The van der Waals surface area contributed by atoms with Crippen molar-refractivity contribution < 1.29 is 9.50 Å². The molecule has 1 unspecified atom stereocenters. The predicted octanol–water partition coefficient (Wildman–Crippen LogP) is 2.23. The van der Waals surface area contributed by atoms with Crippen molar-refractivity contribution in [3.63, 3.8) is 0 Å². The summed E-state index contributed by atoms with van der Waals surface area (Å²) in [5.41, 5.74) is 5.47.